The molecule has 1 aliphatic rings. The van der Waals surface area contributed by atoms with E-state index in [2.05, 4.69) is 6.92 Å². The molecule has 1 saturated carbocycles. The summed E-state index contributed by atoms with van der Waals surface area (Å²) in [6.45, 7) is 2.30. The third kappa shape index (κ3) is 6.11. The first-order chi connectivity index (χ1) is 5.85. The predicted molar refractivity (Wildman–Crippen MR) is 49.9 cm³/mol. The van der Waals surface area contributed by atoms with Gasteiger partial charge in [0.1, 0.15) is 0 Å². The molecule has 2 nitrogen and oxygen atoms in total. The monoisotopic (exact) mass is 169 g/mol. The zero-order valence-corrected chi connectivity index (χ0v) is 7.94. The van der Waals surface area contributed by atoms with Crippen LogP contribution in [0, 0.1) is 11.3 Å². The van der Waals surface area contributed by atoms with Crippen LogP contribution in [0.3, 0.4) is 0 Å². The van der Waals surface area contributed by atoms with E-state index in [-0.39, 0.29) is 0 Å². The quantitative estimate of drug-likeness (QED) is 0.500. The van der Waals surface area contributed by atoms with Gasteiger partial charge in [0, 0.05) is 0 Å². The SMILES string of the molecule is CCCC1CCCCC1.N=C=O. The summed E-state index contributed by atoms with van der Waals surface area (Å²) in [5.74, 6) is 1.10. The normalized spacial score (nSPS) is 17.4. The van der Waals surface area contributed by atoms with E-state index in [0.29, 0.717) is 0 Å². The van der Waals surface area contributed by atoms with Crippen molar-refractivity contribution in [2.75, 3.05) is 0 Å². The maximum absolute atomic E-state index is 8.35. The molecule has 0 bridgehead atoms. The molecule has 12 heavy (non-hydrogen) atoms. The largest absolute Gasteiger partial charge is 0.231 e. The van der Waals surface area contributed by atoms with E-state index in [1.165, 1.54) is 44.9 Å². The average Bonchev–Trinajstić information content (AvgIpc) is 2.08. The van der Waals surface area contributed by atoms with E-state index in [1.54, 1.807) is 0 Å². The van der Waals surface area contributed by atoms with Crippen molar-refractivity contribution in [3.63, 3.8) is 0 Å². The second kappa shape index (κ2) is 8.48. The van der Waals surface area contributed by atoms with Crippen molar-refractivity contribution in [1.82, 2.24) is 0 Å². The molecule has 0 aromatic carbocycles. The summed E-state index contributed by atoms with van der Waals surface area (Å²) in [5.41, 5.74) is 0. The Hall–Kier alpha value is -0.620. The first-order valence-corrected chi connectivity index (χ1v) is 4.89. The summed E-state index contributed by atoms with van der Waals surface area (Å²) in [5, 5.41) is 5.40. The summed E-state index contributed by atoms with van der Waals surface area (Å²) in [6, 6.07) is 0. The van der Waals surface area contributed by atoms with Gasteiger partial charge in [0.25, 0.3) is 0 Å². The molecule has 1 fully saturated rings. The van der Waals surface area contributed by atoms with Gasteiger partial charge in [-0.05, 0) is 5.92 Å². The lowest BCUT2D eigenvalue weighted by molar-refractivity contribution is 0.336. The van der Waals surface area contributed by atoms with Crippen LogP contribution < -0.4 is 0 Å². The highest BCUT2D eigenvalue weighted by atomic mass is 16.1. The summed E-state index contributed by atoms with van der Waals surface area (Å²) >= 11 is 0. The molecule has 2 heteroatoms. The first kappa shape index (κ1) is 11.4. The van der Waals surface area contributed by atoms with Crippen molar-refractivity contribution < 1.29 is 4.79 Å². The van der Waals surface area contributed by atoms with Gasteiger partial charge >= 0.3 is 0 Å². The number of carbonyl (C=O) groups excluding carboxylic acids is 1. The van der Waals surface area contributed by atoms with Crippen molar-refractivity contribution in [3.8, 4) is 0 Å². The Morgan fingerprint density at radius 3 is 2.25 bits per heavy atom. The fourth-order valence-corrected chi connectivity index (χ4v) is 1.88. The Kier molecular flexibility index (Phi) is 8.04. The van der Waals surface area contributed by atoms with E-state index in [9.17, 15) is 0 Å². The summed E-state index contributed by atoms with van der Waals surface area (Å²) in [6.07, 6.45) is 11.2. The van der Waals surface area contributed by atoms with Gasteiger partial charge in [-0.2, -0.15) is 0 Å². The summed E-state index contributed by atoms with van der Waals surface area (Å²) in [7, 11) is 0. The summed E-state index contributed by atoms with van der Waals surface area (Å²) < 4.78 is 0. The van der Waals surface area contributed by atoms with E-state index >= 15 is 0 Å². The third-order valence-electron chi connectivity index (χ3n) is 2.42. The summed E-state index contributed by atoms with van der Waals surface area (Å²) in [4.78, 5) is 8.35. The highest BCUT2D eigenvalue weighted by Gasteiger charge is 2.10. The van der Waals surface area contributed by atoms with Gasteiger partial charge < -0.3 is 0 Å². The molecule has 0 aliphatic heterocycles. The van der Waals surface area contributed by atoms with Crippen LogP contribution in [-0.2, 0) is 4.79 Å². The van der Waals surface area contributed by atoms with E-state index < -0.39 is 0 Å². The van der Waals surface area contributed by atoms with Crippen LogP contribution in [0.1, 0.15) is 51.9 Å². The lowest BCUT2D eigenvalue weighted by Gasteiger charge is -2.20. The van der Waals surface area contributed by atoms with Gasteiger partial charge in [-0.1, -0.05) is 51.9 Å². The molecule has 0 heterocycles. The van der Waals surface area contributed by atoms with Crippen molar-refractivity contribution in [1.29, 1.82) is 5.41 Å². The average molecular weight is 169 g/mol. The molecular weight excluding hydrogens is 150 g/mol. The molecule has 0 atom stereocenters. The molecule has 0 amide bonds. The molecule has 1 N–H and O–H groups in total. The molecule has 0 aromatic heterocycles. The molecule has 0 aromatic rings. The maximum atomic E-state index is 8.35. The van der Waals surface area contributed by atoms with E-state index in [1.807, 2.05) is 0 Å². The van der Waals surface area contributed by atoms with Crippen LogP contribution in [0.4, 0.5) is 0 Å². The molecule has 0 saturated heterocycles. The lowest BCUT2D eigenvalue weighted by Crippen LogP contribution is -2.04. The van der Waals surface area contributed by atoms with Crippen molar-refractivity contribution in [2.24, 2.45) is 5.92 Å². The Labute approximate surface area is 74.9 Å². The second-order valence-electron chi connectivity index (χ2n) is 3.39. The van der Waals surface area contributed by atoms with Gasteiger partial charge in [-0.3, -0.25) is 0 Å². The van der Waals surface area contributed by atoms with Crippen LogP contribution in [0.25, 0.3) is 0 Å². The van der Waals surface area contributed by atoms with Gasteiger partial charge in [0.15, 0.2) is 0 Å². The molecule has 0 radical (unpaired) electrons. The van der Waals surface area contributed by atoms with Crippen LogP contribution in [0.2, 0.25) is 0 Å². The third-order valence-corrected chi connectivity index (χ3v) is 2.42. The Morgan fingerprint density at radius 1 is 1.33 bits per heavy atom. The van der Waals surface area contributed by atoms with Crippen molar-refractivity contribution >= 4 is 6.08 Å². The van der Waals surface area contributed by atoms with Gasteiger partial charge in [-0.25, -0.2) is 10.2 Å². The number of nitrogens with one attached hydrogen (secondary N) is 1. The fraction of sp³-hybridized carbons (Fsp3) is 0.900. The Bertz CT molecular complexity index is 119. The second-order valence-corrected chi connectivity index (χ2v) is 3.39. The standard InChI is InChI=1S/C9H18.CHNO/c1-2-6-9-7-4-3-5-8-9;2-1-3/h9H,2-8H2,1H3;2H. The van der Waals surface area contributed by atoms with Crippen LogP contribution >= 0.6 is 0 Å². The highest BCUT2D eigenvalue weighted by Crippen LogP contribution is 2.26. The Balaban J connectivity index is 0.000000354. The highest BCUT2D eigenvalue weighted by molar-refractivity contribution is 5.26. The number of hydrogen-bond donors (Lipinski definition) is 1. The minimum Gasteiger partial charge on any atom is -0.222 e. The van der Waals surface area contributed by atoms with Gasteiger partial charge in [0.05, 0.1) is 0 Å². The molecular formula is C10H19NO. The van der Waals surface area contributed by atoms with Crippen LogP contribution in [0.15, 0.2) is 0 Å². The molecule has 70 valence electrons. The molecule has 0 unspecified atom stereocenters. The van der Waals surface area contributed by atoms with Crippen LogP contribution in [-0.4, -0.2) is 6.08 Å². The van der Waals surface area contributed by atoms with Crippen molar-refractivity contribution in [2.45, 2.75) is 51.9 Å². The number of rotatable bonds is 2. The van der Waals surface area contributed by atoms with E-state index in [4.69, 9.17) is 10.2 Å². The van der Waals surface area contributed by atoms with Gasteiger partial charge in [0.2, 0.25) is 6.08 Å². The first-order valence-electron chi connectivity index (χ1n) is 4.89. The minimum atomic E-state index is 0.750. The van der Waals surface area contributed by atoms with Crippen LogP contribution in [0.5, 0.6) is 0 Å². The molecule has 1 aliphatic carbocycles. The topological polar surface area (TPSA) is 40.9 Å². The minimum absolute atomic E-state index is 0.750. The number of isocyanates is 1. The molecule has 1 rings (SSSR count). The fourth-order valence-electron chi connectivity index (χ4n) is 1.88. The smallest absolute Gasteiger partial charge is 0.222 e. The zero-order valence-electron chi connectivity index (χ0n) is 7.94. The predicted octanol–water partition coefficient (Wildman–Crippen LogP) is 3.27. The van der Waals surface area contributed by atoms with Crippen molar-refractivity contribution in [3.05, 3.63) is 0 Å². The molecule has 0 spiro atoms. The number of hydrogen-bond acceptors (Lipinski definition) is 2. The van der Waals surface area contributed by atoms with E-state index in [0.717, 1.165) is 12.0 Å². The maximum Gasteiger partial charge on any atom is 0.231 e. The van der Waals surface area contributed by atoms with Gasteiger partial charge in [-0.15, -0.1) is 0 Å². The lowest BCUT2D eigenvalue weighted by atomic mass is 9.86. The Morgan fingerprint density at radius 2 is 1.83 bits per heavy atom. The zero-order chi connectivity index (χ0) is 9.23.